The average Bonchev–Trinajstić information content (AvgIpc) is 2.41. The molecule has 0 atom stereocenters. The lowest BCUT2D eigenvalue weighted by molar-refractivity contribution is 0.0691. The van der Waals surface area contributed by atoms with Crippen LogP contribution in [0.3, 0.4) is 0 Å². The van der Waals surface area contributed by atoms with E-state index < -0.39 is 0 Å². The molecule has 0 aromatic heterocycles. The minimum Gasteiger partial charge on any atom is -0.332 e. The van der Waals surface area contributed by atoms with Crippen molar-refractivity contribution in [2.45, 2.75) is 31.2 Å². The summed E-state index contributed by atoms with van der Waals surface area (Å²) >= 11 is 1.09. The number of fused-ring (bicyclic) bond motifs is 1. The van der Waals surface area contributed by atoms with Crippen LogP contribution in [0.5, 0.6) is 0 Å². The number of rotatable bonds is 1. The molecule has 0 unspecified atom stereocenters. The van der Waals surface area contributed by atoms with E-state index in [2.05, 4.69) is 0 Å². The molecule has 0 saturated heterocycles. The molecular weight excluding hydrogens is 232 g/mol. The summed E-state index contributed by atoms with van der Waals surface area (Å²) in [5.41, 5.74) is 2.61. The Bertz CT molecular complexity index is 543. The van der Waals surface area contributed by atoms with Crippen LogP contribution in [0, 0.1) is 17.6 Å². The summed E-state index contributed by atoms with van der Waals surface area (Å²) in [6, 6.07) is 3.80. The van der Waals surface area contributed by atoms with Crippen LogP contribution in [0.1, 0.15) is 35.3 Å². The van der Waals surface area contributed by atoms with Gasteiger partial charge in [-0.05, 0) is 55.8 Å². The van der Waals surface area contributed by atoms with Crippen LogP contribution >= 0.6 is 11.8 Å². The molecule has 0 aliphatic carbocycles. The van der Waals surface area contributed by atoms with E-state index >= 15 is 0 Å². The fraction of sp³-hybridized carbons (Fsp3) is 0.385. The van der Waals surface area contributed by atoms with E-state index in [-0.39, 0.29) is 11.4 Å². The predicted molar refractivity (Wildman–Crippen MR) is 67.8 cm³/mol. The highest BCUT2D eigenvalue weighted by molar-refractivity contribution is 8.03. The lowest BCUT2D eigenvalue weighted by Crippen LogP contribution is -2.35. The summed E-state index contributed by atoms with van der Waals surface area (Å²) in [4.78, 5) is 14.7. The molecule has 3 nitrogen and oxygen atoms in total. The van der Waals surface area contributed by atoms with Gasteiger partial charge < -0.3 is 4.90 Å². The van der Waals surface area contributed by atoms with E-state index in [1.54, 1.807) is 4.90 Å². The second-order valence-corrected chi connectivity index (χ2v) is 5.64. The Balaban J connectivity index is 2.67. The molecule has 0 saturated carbocycles. The van der Waals surface area contributed by atoms with E-state index in [4.69, 9.17) is 5.26 Å². The number of thiocyanates is 1. The van der Waals surface area contributed by atoms with Crippen molar-refractivity contribution in [3.05, 3.63) is 28.8 Å². The molecule has 1 aromatic rings. The number of thioether (sulfide) groups is 1. The predicted octanol–water partition coefficient (Wildman–Crippen LogP) is 2.89. The Morgan fingerprint density at radius 3 is 2.65 bits per heavy atom. The Hall–Kier alpha value is -1.47. The zero-order chi connectivity index (χ0) is 12.8. The molecule has 1 amide bonds. The third kappa shape index (κ3) is 1.62. The van der Waals surface area contributed by atoms with E-state index in [1.165, 1.54) is 0 Å². The van der Waals surface area contributed by atoms with Crippen molar-refractivity contribution in [1.82, 2.24) is 4.90 Å². The van der Waals surface area contributed by atoms with E-state index in [9.17, 15) is 4.79 Å². The van der Waals surface area contributed by atoms with Crippen molar-refractivity contribution >= 4 is 17.7 Å². The highest BCUT2D eigenvalue weighted by Gasteiger charge is 2.41. The van der Waals surface area contributed by atoms with Crippen molar-refractivity contribution in [2.75, 3.05) is 7.05 Å². The third-order valence-electron chi connectivity index (χ3n) is 3.46. The number of amides is 1. The van der Waals surface area contributed by atoms with Crippen molar-refractivity contribution in [2.24, 2.45) is 0 Å². The van der Waals surface area contributed by atoms with Gasteiger partial charge in [0.25, 0.3) is 5.91 Å². The lowest BCUT2D eigenvalue weighted by atomic mass is 9.90. The molecule has 1 aromatic carbocycles. The van der Waals surface area contributed by atoms with Gasteiger partial charge in [-0.2, -0.15) is 5.26 Å². The maximum absolute atomic E-state index is 12.2. The Labute approximate surface area is 105 Å². The van der Waals surface area contributed by atoms with Gasteiger partial charge in [0.05, 0.1) is 5.54 Å². The standard InChI is InChI=1S/C13H14N2OS/c1-8-5-9(17-7-14)6-10-11(8)13(2,3)15(4)12(10)16/h5-6H,1-4H3. The van der Waals surface area contributed by atoms with E-state index in [0.29, 0.717) is 0 Å². The second kappa shape index (κ2) is 3.78. The fourth-order valence-electron chi connectivity index (χ4n) is 2.45. The summed E-state index contributed by atoms with van der Waals surface area (Å²) in [7, 11) is 1.82. The summed E-state index contributed by atoms with van der Waals surface area (Å²) in [6.07, 6.45) is 0. The third-order valence-corrected chi connectivity index (χ3v) is 4.02. The van der Waals surface area contributed by atoms with Crippen LogP contribution in [0.4, 0.5) is 0 Å². The molecule has 4 heteroatoms. The zero-order valence-electron chi connectivity index (χ0n) is 10.4. The van der Waals surface area contributed by atoms with Crippen LogP contribution in [0.25, 0.3) is 0 Å². The van der Waals surface area contributed by atoms with Crippen LogP contribution in [-0.4, -0.2) is 17.9 Å². The first-order valence-electron chi connectivity index (χ1n) is 5.39. The number of aryl methyl sites for hydroxylation is 1. The van der Waals surface area contributed by atoms with Crippen molar-refractivity contribution in [1.29, 1.82) is 5.26 Å². The molecule has 17 heavy (non-hydrogen) atoms. The number of hydrogen-bond donors (Lipinski definition) is 0. The van der Waals surface area contributed by atoms with Gasteiger partial charge in [-0.15, -0.1) is 0 Å². The number of carbonyl (C=O) groups excluding carboxylic acids is 1. The van der Waals surface area contributed by atoms with E-state index in [1.807, 2.05) is 45.4 Å². The number of hydrogen-bond acceptors (Lipinski definition) is 3. The minimum absolute atomic E-state index is 0.0356. The first-order chi connectivity index (χ1) is 7.89. The van der Waals surface area contributed by atoms with Gasteiger partial charge in [-0.1, -0.05) is 0 Å². The number of nitrogens with zero attached hydrogens (tertiary/aromatic N) is 2. The van der Waals surface area contributed by atoms with Crippen molar-refractivity contribution in [3.8, 4) is 5.40 Å². The summed E-state index contributed by atoms with van der Waals surface area (Å²) < 4.78 is 0. The quantitative estimate of drug-likeness (QED) is 0.565. The summed E-state index contributed by atoms with van der Waals surface area (Å²) in [5, 5.41) is 10.7. The normalized spacial score (nSPS) is 16.9. The SMILES string of the molecule is Cc1cc(SC#N)cc2c1C(C)(C)N(C)C2=O. The molecule has 0 fully saturated rings. The van der Waals surface area contributed by atoms with Gasteiger partial charge >= 0.3 is 0 Å². The molecule has 0 radical (unpaired) electrons. The summed E-state index contributed by atoms with van der Waals surface area (Å²) in [5.74, 6) is 0.0356. The van der Waals surface area contributed by atoms with Gasteiger partial charge in [0.1, 0.15) is 5.40 Å². The number of benzene rings is 1. The summed E-state index contributed by atoms with van der Waals surface area (Å²) in [6.45, 7) is 6.08. The highest BCUT2D eigenvalue weighted by atomic mass is 32.2. The van der Waals surface area contributed by atoms with Crippen LogP contribution in [0.2, 0.25) is 0 Å². The Kier molecular flexibility index (Phi) is 2.67. The largest absolute Gasteiger partial charge is 0.332 e. The molecule has 88 valence electrons. The zero-order valence-corrected chi connectivity index (χ0v) is 11.2. The first-order valence-corrected chi connectivity index (χ1v) is 6.20. The fourth-order valence-corrected chi connectivity index (χ4v) is 2.97. The molecule has 0 bridgehead atoms. The van der Waals surface area contributed by atoms with Crippen LogP contribution in [-0.2, 0) is 5.54 Å². The average molecular weight is 246 g/mol. The Morgan fingerprint density at radius 1 is 1.41 bits per heavy atom. The molecular formula is C13H14N2OS. The van der Waals surface area contributed by atoms with Crippen molar-refractivity contribution in [3.63, 3.8) is 0 Å². The maximum Gasteiger partial charge on any atom is 0.254 e. The monoisotopic (exact) mass is 246 g/mol. The van der Waals surface area contributed by atoms with Gasteiger partial charge in [-0.3, -0.25) is 4.79 Å². The Morgan fingerprint density at radius 2 is 2.06 bits per heavy atom. The minimum atomic E-state index is -0.271. The second-order valence-electron chi connectivity index (χ2n) is 4.78. The molecule has 0 N–H and O–H groups in total. The van der Waals surface area contributed by atoms with Crippen LogP contribution in [0.15, 0.2) is 17.0 Å². The van der Waals surface area contributed by atoms with Gasteiger partial charge in [-0.25, -0.2) is 0 Å². The molecule has 2 rings (SSSR count). The number of carbonyl (C=O) groups is 1. The molecule has 1 heterocycles. The van der Waals surface area contributed by atoms with Gasteiger partial charge in [0, 0.05) is 17.5 Å². The van der Waals surface area contributed by atoms with E-state index in [0.717, 1.165) is 33.3 Å². The highest BCUT2D eigenvalue weighted by Crippen LogP contribution is 2.41. The lowest BCUT2D eigenvalue weighted by Gasteiger charge is -2.29. The van der Waals surface area contributed by atoms with Gasteiger partial charge in [0.15, 0.2) is 0 Å². The topological polar surface area (TPSA) is 44.1 Å². The number of nitriles is 1. The molecule has 1 aliphatic rings. The first kappa shape index (κ1) is 12.0. The molecule has 1 aliphatic heterocycles. The van der Waals surface area contributed by atoms with Crippen molar-refractivity contribution < 1.29 is 4.79 Å². The molecule has 0 spiro atoms. The maximum atomic E-state index is 12.2. The van der Waals surface area contributed by atoms with Crippen LogP contribution < -0.4 is 0 Å². The van der Waals surface area contributed by atoms with Gasteiger partial charge in [0.2, 0.25) is 0 Å². The smallest absolute Gasteiger partial charge is 0.254 e.